The fraction of sp³-hybridized carbons (Fsp3) is 0.455. The third kappa shape index (κ3) is 3.56. The number of carbonyl (C=O) groups excluding carboxylic acids is 1. The summed E-state index contributed by atoms with van der Waals surface area (Å²) in [7, 11) is 0. The van der Waals surface area contributed by atoms with Crippen LogP contribution < -0.4 is 5.32 Å². The molecule has 1 aromatic heterocycles. The van der Waals surface area contributed by atoms with Gasteiger partial charge in [0.25, 0.3) is 0 Å². The van der Waals surface area contributed by atoms with Gasteiger partial charge in [-0.05, 0) is 24.5 Å². The SMILES string of the molecule is CCCC(=O)NCc1cncc(C)c1. The molecule has 1 N–H and O–H groups in total. The topological polar surface area (TPSA) is 42.0 Å². The van der Waals surface area contributed by atoms with E-state index in [0.29, 0.717) is 13.0 Å². The van der Waals surface area contributed by atoms with E-state index >= 15 is 0 Å². The highest BCUT2D eigenvalue weighted by Gasteiger charge is 1.99. The molecule has 0 fully saturated rings. The highest BCUT2D eigenvalue weighted by Crippen LogP contribution is 2.00. The van der Waals surface area contributed by atoms with Crippen LogP contribution in [-0.4, -0.2) is 10.9 Å². The molecule has 1 aromatic rings. The molecule has 76 valence electrons. The lowest BCUT2D eigenvalue weighted by Gasteiger charge is -2.04. The molecule has 0 bridgehead atoms. The molecule has 1 heterocycles. The molecule has 0 saturated heterocycles. The lowest BCUT2D eigenvalue weighted by atomic mass is 10.2. The van der Waals surface area contributed by atoms with Gasteiger partial charge in [0.1, 0.15) is 0 Å². The molecule has 0 atom stereocenters. The van der Waals surface area contributed by atoms with E-state index in [0.717, 1.165) is 17.5 Å². The van der Waals surface area contributed by atoms with Crippen molar-refractivity contribution in [3.63, 3.8) is 0 Å². The van der Waals surface area contributed by atoms with Crippen molar-refractivity contribution in [2.75, 3.05) is 0 Å². The zero-order chi connectivity index (χ0) is 10.4. The van der Waals surface area contributed by atoms with Crippen LogP contribution in [0, 0.1) is 6.92 Å². The number of aromatic nitrogens is 1. The summed E-state index contributed by atoms with van der Waals surface area (Å²) in [6.07, 6.45) is 5.06. The minimum absolute atomic E-state index is 0.106. The Morgan fingerprint density at radius 3 is 2.93 bits per heavy atom. The molecule has 0 radical (unpaired) electrons. The lowest BCUT2D eigenvalue weighted by molar-refractivity contribution is -0.121. The average molecular weight is 192 g/mol. The Bertz CT molecular complexity index is 310. The zero-order valence-corrected chi connectivity index (χ0v) is 8.71. The first-order valence-corrected chi connectivity index (χ1v) is 4.89. The lowest BCUT2D eigenvalue weighted by Crippen LogP contribution is -2.22. The maximum absolute atomic E-state index is 11.2. The van der Waals surface area contributed by atoms with Crippen molar-refractivity contribution < 1.29 is 4.79 Å². The van der Waals surface area contributed by atoms with E-state index in [1.165, 1.54) is 0 Å². The standard InChI is InChI=1S/C11H16N2O/c1-3-4-11(14)13-8-10-5-9(2)6-12-7-10/h5-7H,3-4,8H2,1-2H3,(H,13,14). The Kier molecular flexibility index (Phi) is 4.11. The third-order valence-electron chi connectivity index (χ3n) is 1.90. The van der Waals surface area contributed by atoms with Crippen LogP contribution >= 0.6 is 0 Å². The van der Waals surface area contributed by atoms with Gasteiger partial charge < -0.3 is 5.32 Å². The van der Waals surface area contributed by atoms with Crippen molar-refractivity contribution in [2.45, 2.75) is 33.2 Å². The normalized spacial score (nSPS) is 9.86. The predicted octanol–water partition coefficient (Wildman–Crippen LogP) is 1.81. The Hall–Kier alpha value is -1.38. The average Bonchev–Trinajstić information content (AvgIpc) is 2.15. The molecule has 14 heavy (non-hydrogen) atoms. The second-order valence-corrected chi connectivity index (χ2v) is 3.40. The van der Waals surface area contributed by atoms with Crippen LogP contribution in [0.4, 0.5) is 0 Å². The van der Waals surface area contributed by atoms with Gasteiger partial charge >= 0.3 is 0 Å². The Morgan fingerprint density at radius 1 is 1.50 bits per heavy atom. The van der Waals surface area contributed by atoms with Crippen LogP contribution in [0.3, 0.4) is 0 Å². The Morgan fingerprint density at radius 2 is 2.29 bits per heavy atom. The van der Waals surface area contributed by atoms with Crippen LogP contribution in [0.1, 0.15) is 30.9 Å². The summed E-state index contributed by atoms with van der Waals surface area (Å²) in [5, 5.41) is 2.85. The Balaban J connectivity index is 2.41. The van der Waals surface area contributed by atoms with Crippen LogP contribution in [0.25, 0.3) is 0 Å². The molecule has 3 nitrogen and oxygen atoms in total. The highest BCUT2D eigenvalue weighted by atomic mass is 16.1. The minimum atomic E-state index is 0.106. The van der Waals surface area contributed by atoms with E-state index in [-0.39, 0.29) is 5.91 Å². The van der Waals surface area contributed by atoms with Gasteiger partial charge in [-0.15, -0.1) is 0 Å². The predicted molar refractivity (Wildman–Crippen MR) is 55.7 cm³/mol. The number of hydrogen-bond donors (Lipinski definition) is 1. The van der Waals surface area contributed by atoms with Crippen LogP contribution in [-0.2, 0) is 11.3 Å². The molecule has 0 aromatic carbocycles. The second kappa shape index (κ2) is 5.37. The minimum Gasteiger partial charge on any atom is -0.352 e. The first-order valence-electron chi connectivity index (χ1n) is 4.89. The van der Waals surface area contributed by atoms with Gasteiger partial charge in [0.05, 0.1) is 0 Å². The van der Waals surface area contributed by atoms with Crippen molar-refractivity contribution in [1.29, 1.82) is 0 Å². The molecular weight excluding hydrogens is 176 g/mol. The third-order valence-corrected chi connectivity index (χ3v) is 1.90. The molecule has 1 amide bonds. The van der Waals surface area contributed by atoms with E-state index in [9.17, 15) is 4.79 Å². The van der Waals surface area contributed by atoms with Crippen molar-refractivity contribution >= 4 is 5.91 Å². The molecule has 0 spiro atoms. The van der Waals surface area contributed by atoms with E-state index in [2.05, 4.69) is 10.3 Å². The first-order chi connectivity index (χ1) is 6.72. The van der Waals surface area contributed by atoms with Gasteiger partial charge in [-0.2, -0.15) is 0 Å². The zero-order valence-electron chi connectivity index (χ0n) is 8.71. The van der Waals surface area contributed by atoms with Crippen molar-refractivity contribution in [2.24, 2.45) is 0 Å². The molecule has 0 aliphatic carbocycles. The number of amides is 1. The van der Waals surface area contributed by atoms with Gasteiger partial charge in [0.15, 0.2) is 0 Å². The maximum atomic E-state index is 11.2. The van der Waals surface area contributed by atoms with Crippen LogP contribution in [0.15, 0.2) is 18.5 Å². The van der Waals surface area contributed by atoms with E-state index in [1.807, 2.05) is 19.9 Å². The summed E-state index contributed by atoms with van der Waals surface area (Å²) in [4.78, 5) is 15.2. The second-order valence-electron chi connectivity index (χ2n) is 3.40. The highest BCUT2D eigenvalue weighted by molar-refractivity contribution is 5.75. The first kappa shape index (κ1) is 10.7. The smallest absolute Gasteiger partial charge is 0.220 e. The molecule has 0 unspecified atom stereocenters. The molecule has 0 saturated carbocycles. The van der Waals surface area contributed by atoms with Gasteiger partial charge in [-0.3, -0.25) is 9.78 Å². The van der Waals surface area contributed by atoms with Crippen LogP contribution in [0.5, 0.6) is 0 Å². The molecular formula is C11H16N2O. The molecule has 1 rings (SSSR count). The monoisotopic (exact) mass is 192 g/mol. The van der Waals surface area contributed by atoms with Gasteiger partial charge in [-0.1, -0.05) is 13.0 Å². The molecule has 0 aliphatic heterocycles. The number of hydrogen-bond acceptors (Lipinski definition) is 2. The van der Waals surface area contributed by atoms with E-state index in [4.69, 9.17) is 0 Å². The summed E-state index contributed by atoms with van der Waals surface area (Å²) in [5.41, 5.74) is 2.17. The summed E-state index contributed by atoms with van der Waals surface area (Å²) >= 11 is 0. The number of aryl methyl sites for hydroxylation is 1. The van der Waals surface area contributed by atoms with Gasteiger partial charge in [0.2, 0.25) is 5.91 Å². The number of nitrogens with one attached hydrogen (secondary N) is 1. The van der Waals surface area contributed by atoms with Crippen LogP contribution in [0.2, 0.25) is 0 Å². The van der Waals surface area contributed by atoms with Crippen molar-refractivity contribution in [3.05, 3.63) is 29.6 Å². The van der Waals surface area contributed by atoms with Crippen molar-refractivity contribution in [1.82, 2.24) is 10.3 Å². The van der Waals surface area contributed by atoms with E-state index < -0.39 is 0 Å². The van der Waals surface area contributed by atoms with Gasteiger partial charge in [0, 0.05) is 25.4 Å². The number of pyridine rings is 1. The maximum Gasteiger partial charge on any atom is 0.220 e. The van der Waals surface area contributed by atoms with Crippen molar-refractivity contribution in [3.8, 4) is 0 Å². The quantitative estimate of drug-likeness (QED) is 0.790. The number of rotatable bonds is 4. The fourth-order valence-electron chi connectivity index (χ4n) is 1.23. The Labute approximate surface area is 84.6 Å². The summed E-state index contributed by atoms with van der Waals surface area (Å²) in [6, 6.07) is 2.03. The fourth-order valence-corrected chi connectivity index (χ4v) is 1.23. The summed E-state index contributed by atoms with van der Waals surface area (Å²) < 4.78 is 0. The summed E-state index contributed by atoms with van der Waals surface area (Å²) in [5.74, 6) is 0.106. The number of carbonyl (C=O) groups is 1. The largest absolute Gasteiger partial charge is 0.352 e. The van der Waals surface area contributed by atoms with Gasteiger partial charge in [-0.25, -0.2) is 0 Å². The molecule has 3 heteroatoms. The number of nitrogens with zero attached hydrogens (tertiary/aromatic N) is 1. The van der Waals surface area contributed by atoms with E-state index in [1.54, 1.807) is 12.4 Å². The summed E-state index contributed by atoms with van der Waals surface area (Å²) in [6.45, 7) is 4.56. The molecule has 0 aliphatic rings.